The number of hydrogen-bond donors (Lipinski definition) is 1. The van der Waals surface area contributed by atoms with Gasteiger partial charge in [-0.2, -0.15) is 0 Å². The van der Waals surface area contributed by atoms with Crippen LogP contribution >= 0.6 is 11.6 Å². The maximum Gasteiger partial charge on any atom is 0.151 e. The third-order valence-electron chi connectivity index (χ3n) is 2.99. The molecule has 1 aliphatic carbocycles. The van der Waals surface area contributed by atoms with Gasteiger partial charge in [0.15, 0.2) is 5.82 Å². The molecule has 1 fully saturated rings. The van der Waals surface area contributed by atoms with Crippen molar-refractivity contribution in [2.45, 2.75) is 31.7 Å². The number of halogens is 1. The van der Waals surface area contributed by atoms with Crippen molar-refractivity contribution in [2.75, 3.05) is 18.1 Å². The molecule has 1 N–H and O–H groups in total. The third-order valence-corrected chi connectivity index (χ3v) is 3.26. The topological polar surface area (TPSA) is 49.2 Å². The summed E-state index contributed by atoms with van der Waals surface area (Å²) in [4.78, 5) is 10.3. The van der Waals surface area contributed by atoms with Crippen molar-refractivity contribution in [3.05, 3.63) is 17.5 Å². The molecule has 0 aromatic carbocycles. The standard InChI is InChI=1S/C11H16ClN3O/c12-10-7-13-8-14-11(10)15(5-2-6-16)9-3-1-4-9/h7-9,16H,1-6H2. The van der Waals surface area contributed by atoms with E-state index >= 15 is 0 Å². The summed E-state index contributed by atoms with van der Waals surface area (Å²) >= 11 is 6.09. The smallest absolute Gasteiger partial charge is 0.151 e. The SMILES string of the molecule is OCCCN(c1ncncc1Cl)C1CCC1. The van der Waals surface area contributed by atoms with Crippen LogP contribution in [0.25, 0.3) is 0 Å². The zero-order valence-electron chi connectivity index (χ0n) is 9.14. The monoisotopic (exact) mass is 241 g/mol. The molecule has 0 saturated heterocycles. The summed E-state index contributed by atoms with van der Waals surface area (Å²) in [5, 5.41) is 9.50. The van der Waals surface area contributed by atoms with Crippen molar-refractivity contribution in [2.24, 2.45) is 0 Å². The molecular weight excluding hydrogens is 226 g/mol. The maximum atomic E-state index is 8.91. The molecule has 0 bridgehead atoms. The van der Waals surface area contributed by atoms with Crippen LogP contribution in [0.15, 0.2) is 12.5 Å². The Balaban J connectivity index is 2.13. The summed E-state index contributed by atoms with van der Waals surface area (Å²) in [6, 6.07) is 0.527. The van der Waals surface area contributed by atoms with Crippen LogP contribution in [0.1, 0.15) is 25.7 Å². The average molecular weight is 242 g/mol. The fourth-order valence-corrected chi connectivity index (χ4v) is 2.13. The molecule has 0 amide bonds. The lowest BCUT2D eigenvalue weighted by Crippen LogP contribution is -2.41. The van der Waals surface area contributed by atoms with E-state index in [9.17, 15) is 0 Å². The normalized spacial score (nSPS) is 15.9. The largest absolute Gasteiger partial charge is 0.396 e. The number of nitrogens with zero attached hydrogens (tertiary/aromatic N) is 3. The molecule has 0 aliphatic heterocycles. The van der Waals surface area contributed by atoms with Gasteiger partial charge in [0.25, 0.3) is 0 Å². The number of aliphatic hydroxyl groups excluding tert-OH is 1. The number of aliphatic hydroxyl groups is 1. The molecule has 5 heteroatoms. The molecule has 16 heavy (non-hydrogen) atoms. The van der Waals surface area contributed by atoms with Crippen LogP contribution in [0.4, 0.5) is 5.82 Å². The first-order valence-electron chi connectivity index (χ1n) is 5.66. The van der Waals surface area contributed by atoms with E-state index in [-0.39, 0.29) is 6.61 Å². The summed E-state index contributed by atoms with van der Waals surface area (Å²) in [5.74, 6) is 0.801. The van der Waals surface area contributed by atoms with Crippen LogP contribution in [0.5, 0.6) is 0 Å². The Labute approximate surface area is 100 Å². The Morgan fingerprint density at radius 2 is 2.31 bits per heavy atom. The first kappa shape index (κ1) is 11.6. The van der Waals surface area contributed by atoms with Crippen molar-refractivity contribution in [3.63, 3.8) is 0 Å². The molecule has 88 valence electrons. The third kappa shape index (κ3) is 2.44. The molecule has 4 nitrogen and oxygen atoms in total. The summed E-state index contributed by atoms with van der Waals surface area (Å²) in [6.45, 7) is 1.00. The van der Waals surface area contributed by atoms with Gasteiger partial charge < -0.3 is 10.0 Å². The van der Waals surface area contributed by atoms with E-state index in [1.54, 1.807) is 6.20 Å². The second-order valence-corrected chi connectivity index (χ2v) is 4.46. The second-order valence-electron chi connectivity index (χ2n) is 4.05. The van der Waals surface area contributed by atoms with E-state index in [0.29, 0.717) is 11.1 Å². The molecular formula is C11H16ClN3O. The highest BCUT2D eigenvalue weighted by atomic mass is 35.5. The Morgan fingerprint density at radius 1 is 1.50 bits per heavy atom. The number of anilines is 1. The number of aromatic nitrogens is 2. The lowest BCUT2D eigenvalue weighted by atomic mass is 9.91. The molecule has 0 radical (unpaired) electrons. The minimum absolute atomic E-state index is 0.200. The van der Waals surface area contributed by atoms with E-state index in [0.717, 1.165) is 18.8 Å². The summed E-state index contributed by atoms with van der Waals surface area (Å²) < 4.78 is 0. The quantitative estimate of drug-likeness (QED) is 0.855. The maximum absolute atomic E-state index is 8.91. The van der Waals surface area contributed by atoms with Crippen LogP contribution in [0.2, 0.25) is 5.02 Å². The van der Waals surface area contributed by atoms with Crippen molar-refractivity contribution >= 4 is 17.4 Å². The van der Waals surface area contributed by atoms with Gasteiger partial charge in [0, 0.05) is 19.2 Å². The number of rotatable bonds is 5. The zero-order chi connectivity index (χ0) is 11.4. The van der Waals surface area contributed by atoms with E-state index < -0.39 is 0 Å². The van der Waals surface area contributed by atoms with Crippen LogP contribution in [-0.4, -0.2) is 34.3 Å². The highest BCUT2D eigenvalue weighted by Gasteiger charge is 2.26. The van der Waals surface area contributed by atoms with Crippen LogP contribution in [0.3, 0.4) is 0 Å². The molecule has 0 unspecified atom stereocenters. The Morgan fingerprint density at radius 3 is 2.88 bits per heavy atom. The van der Waals surface area contributed by atoms with E-state index in [1.807, 2.05) is 0 Å². The van der Waals surface area contributed by atoms with Crippen molar-refractivity contribution in [1.82, 2.24) is 9.97 Å². The molecule has 1 heterocycles. The first-order chi connectivity index (χ1) is 7.83. The highest BCUT2D eigenvalue weighted by molar-refractivity contribution is 6.32. The number of hydrogen-bond acceptors (Lipinski definition) is 4. The van der Waals surface area contributed by atoms with Gasteiger partial charge in [0.05, 0.1) is 6.20 Å². The van der Waals surface area contributed by atoms with Crippen molar-refractivity contribution in [1.29, 1.82) is 0 Å². The van der Waals surface area contributed by atoms with E-state index in [1.165, 1.54) is 25.6 Å². The molecule has 0 spiro atoms. The molecule has 1 saturated carbocycles. The summed E-state index contributed by atoms with van der Waals surface area (Å²) in [6.07, 6.45) is 7.53. The van der Waals surface area contributed by atoms with Gasteiger partial charge in [0.2, 0.25) is 0 Å². The Hall–Kier alpha value is -0.870. The lowest BCUT2D eigenvalue weighted by Gasteiger charge is -2.38. The van der Waals surface area contributed by atoms with Crippen LogP contribution in [0, 0.1) is 0 Å². The van der Waals surface area contributed by atoms with Gasteiger partial charge in [0.1, 0.15) is 11.3 Å². The lowest BCUT2D eigenvalue weighted by molar-refractivity contribution is 0.282. The average Bonchev–Trinajstić information content (AvgIpc) is 2.22. The van der Waals surface area contributed by atoms with Gasteiger partial charge in [-0.1, -0.05) is 11.6 Å². The van der Waals surface area contributed by atoms with Gasteiger partial charge >= 0.3 is 0 Å². The fourth-order valence-electron chi connectivity index (χ4n) is 1.92. The first-order valence-corrected chi connectivity index (χ1v) is 6.03. The van der Waals surface area contributed by atoms with Gasteiger partial charge in [-0.05, 0) is 25.7 Å². The fraction of sp³-hybridized carbons (Fsp3) is 0.636. The summed E-state index contributed by atoms with van der Waals surface area (Å²) in [7, 11) is 0. The highest BCUT2D eigenvalue weighted by Crippen LogP contribution is 2.31. The van der Waals surface area contributed by atoms with Crippen molar-refractivity contribution in [3.8, 4) is 0 Å². The minimum Gasteiger partial charge on any atom is -0.396 e. The van der Waals surface area contributed by atoms with Crippen LogP contribution < -0.4 is 4.90 Å². The predicted octanol–water partition coefficient (Wildman–Crippen LogP) is 1.87. The van der Waals surface area contributed by atoms with Gasteiger partial charge in [-0.25, -0.2) is 9.97 Å². The minimum atomic E-state index is 0.200. The Kier molecular flexibility index (Phi) is 3.96. The zero-order valence-corrected chi connectivity index (χ0v) is 9.90. The molecule has 1 aliphatic rings. The van der Waals surface area contributed by atoms with Gasteiger partial charge in [-0.15, -0.1) is 0 Å². The molecule has 1 aromatic heterocycles. The van der Waals surface area contributed by atoms with Gasteiger partial charge in [-0.3, -0.25) is 0 Å². The molecule has 1 aromatic rings. The Bertz CT molecular complexity index is 344. The van der Waals surface area contributed by atoms with E-state index in [2.05, 4.69) is 14.9 Å². The molecule has 0 atom stereocenters. The summed E-state index contributed by atoms with van der Waals surface area (Å²) in [5.41, 5.74) is 0. The molecule has 2 rings (SSSR count). The predicted molar refractivity (Wildman–Crippen MR) is 63.7 cm³/mol. The van der Waals surface area contributed by atoms with Crippen LogP contribution in [-0.2, 0) is 0 Å². The second kappa shape index (κ2) is 5.46. The van der Waals surface area contributed by atoms with E-state index in [4.69, 9.17) is 16.7 Å². The van der Waals surface area contributed by atoms with Crippen molar-refractivity contribution < 1.29 is 5.11 Å².